The molecule has 1 N–H and O–H groups in total. The van der Waals surface area contributed by atoms with E-state index in [0.29, 0.717) is 31.2 Å². The average molecular weight is 398 g/mol. The number of halogens is 1. The fourth-order valence-electron chi connectivity index (χ4n) is 2.24. The molecule has 2 aromatic heterocycles. The van der Waals surface area contributed by atoms with E-state index >= 15 is 0 Å². The van der Waals surface area contributed by atoms with Crippen LogP contribution in [0, 0.1) is 13.8 Å². The summed E-state index contributed by atoms with van der Waals surface area (Å²) in [7, 11) is 0. The molecule has 7 heteroatoms. The van der Waals surface area contributed by atoms with E-state index in [1.165, 1.54) is 0 Å². The molecule has 0 saturated heterocycles. The van der Waals surface area contributed by atoms with Gasteiger partial charge in [-0.2, -0.15) is 5.10 Å². The van der Waals surface area contributed by atoms with Gasteiger partial charge in [0.1, 0.15) is 5.76 Å². The molecule has 0 spiro atoms. The Morgan fingerprint density at radius 2 is 2.17 bits per heavy atom. The van der Waals surface area contributed by atoms with Gasteiger partial charge < -0.3 is 14.5 Å². The quantitative estimate of drug-likeness (QED) is 0.692. The van der Waals surface area contributed by atoms with Crippen LogP contribution in [0.1, 0.15) is 48.0 Å². The van der Waals surface area contributed by atoms with Crippen molar-refractivity contribution in [3.63, 3.8) is 0 Å². The first kappa shape index (κ1) is 18.7. The van der Waals surface area contributed by atoms with Crippen LogP contribution in [0.2, 0.25) is 0 Å². The predicted molar refractivity (Wildman–Crippen MR) is 95.2 cm³/mol. The van der Waals surface area contributed by atoms with Crippen molar-refractivity contribution in [1.82, 2.24) is 15.1 Å². The van der Waals surface area contributed by atoms with Crippen LogP contribution in [0.5, 0.6) is 0 Å². The molecule has 0 unspecified atom stereocenters. The Bertz CT molecular complexity index is 691. The van der Waals surface area contributed by atoms with Crippen molar-refractivity contribution < 1.29 is 13.9 Å². The van der Waals surface area contributed by atoms with E-state index in [1.54, 1.807) is 12.1 Å². The third-order valence-electron chi connectivity index (χ3n) is 3.54. The first-order chi connectivity index (χ1) is 11.4. The number of furan rings is 1. The lowest BCUT2D eigenvalue weighted by Crippen LogP contribution is -2.25. The summed E-state index contributed by atoms with van der Waals surface area (Å²) in [5, 5.41) is 7.27. The number of hydrogen-bond acceptors (Lipinski definition) is 4. The summed E-state index contributed by atoms with van der Waals surface area (Å²) in [5.41, 5.74) is 1.96. The van der Waals surface area contributed by atoms with Crippen LogP contribution in [0.3, 0.4) is 0 Å². The van der Waals surface area contributed by atoms with E-state index in [0.717, 1.165) is 22.3 Å². The van der Waals surface area contributed by atoms with Gasteiger partial charge in [-0.15, -0.1) is 0 Å². The van der Waals surface area contributed by atoms with Crippen LogP contribution in [0.4, 0.5) is 0 Å². The van der Waals surface area contributed by atoms with Crippen molar-refractivity contribution >= 4 is 21.8 Å². The van der Waals surface area contributed by atoms with Gasteiger partial charge in [0.2, 0.25) is 0 Å². The number of amides is 1. The second-order valence-corrected chi connectivity index (χ2v) is 6.73. The zero-order valence-electron chi connectivity index (χ0n) is 14.6. The molecule has 0 aliphatic carbocycles. The average Bonchev–Trinajstić information content (AvgIpc) is 3.08. The highest BCUT2D eigenvalue weighted by molar-refractivity contribution is 9.10. The molecule has 132 valence electrons. The van der Waals surface area contributed by atoms with Crippen LogP contribution in [-0.4, -0.2) is 34.9 Å². The predicted octanol–water partition coefficient (Wildman–Crippen LogP) is 3.45. The van der Waals surface area contributed by atoms with Gasteiger partial charge >= 0.3 is 0 Å². The minimum Gasteiger partial charge on any atom is -0.454 e. The third-order valence-corrected chi connectivity index (χ3v) is 4.69. The maximum Gasteiger partial charge on any atom is 0.286 e. The second-order valence-electron chi connectivity index (χ2n) is 5.94. The van der Waals surface area contributed by atoms with Gasteiger partial charge in [-0.05, 0) is 62.2 Å². The SMILES string of the molecule is Cc1nn(Cc2ccc(C(=O)NCCCOC(C)C)o2)c(C)c1Br. The Morgan fingerprint density at radius 3 is 2.79 bits per heavy atom. The van der Waals surface area contributed by atoms with E-state index in [-0.39, 0.29) is 12.0 Å². The topological polar surface area (TPSA) is 69.3 Å². The third kappa shape index (κ3) is 4.95. The van der Waals surface area contributed by atoms with Crippen molar-refractivity contribution in [1.29, 1.82) is 0 Å². The number of hydrogen-bond donors (Lipinski definition) is 1. The molecule has 0 aromatic carbocycles. The zero-order valence-corrected chi connectivity index (χ0v) is 16.1. The van der Waals surface area contributed by atoms with E-state index in [2.05, 4.69) is 26.3 Å². The number of carbonyl (C=O) groups is 1. The highest BCUT2D eigenvalue weighted by atomic mass is 79.9. The lowest BCUT2D eigenvalue weighted by Gasteiger charge is -2.07. The van der Waals surface area contributed by atoms with Gasteiger partial charge in [0.15, 0.2) is 5.76 Å². The maximum absolute atomic E-state index is 12.1. The molecule has 0 radical (unpaired) electrons. The fourth-order valence-corrected chi connectivity index (χ4v) is 2.53. The van der Waals surface area contributed by atoms with Crippen molar-refractivity contribution in [3.8, 4) is 0 Å². The Kier molecular flexibility index (Phi) is 6.62. The first-order valence-electron chi connectivity index (χ1n) is 8.06. The van der Waals surface area contributed by atoms with Gasteiger partial charge in [0.25, 0.3) is 5.91 Å². The summed E-state index contributed by atoms with van der Waals surface area (Å²) in [6.07, 6.45) is 0.986. The highest BCUT2D eigenvalue weighted by Gasteiger charge is 2.13. The van der Waals surface area contributed by atoms with Gasteiger partial charge in [-0.1, -0.05) is 0 Å². The molecular formula is C17H24BrN3O3. The molecule has 0 aliphatic rings. The Balaban J connectivity index is 1.86. The largest absolute Gasteiger partial charge is 0.454 e. The van der Waals surface area contributed by atoms with Crippen molar-refractivity contribution in [2.45, 2.75) is 46.8 Å². The number of ether oxygens (including phenoxy) is 1. The number of nitrogens with one attached hydrogen (secondary N) is 1. The van der Waals surface area contributed by atoms with E-state index in [9.17, 15) is 4.79 Å². The molecular weight excluding hydrogens is 374 g/mol. The van der Waals surface area contributed by atoms with Crippen LogP contribution in [-0.2, 0) is 11.3 Å². The van der Waals surface area contributed by atoms with Crippen LogP contribution in [0.15, 0.2) is 21.0 Å². The molecule has 6 nitrogen and oxygen atoms in total. The van der Waals surface area contributed by atoms with Crippen molar-refractivity contribution in [2.24, 2.45) is 0 Å². The monoisotopic (exact) mass is 397 g/mol. The highest BCUT2D eigenvalue weighted by Crippen LogP contribution is 2.21. The maximum atomic E-state index is 12.1. The van der Waals surface area contributed by atoms with Gasteiger partial charge in [-0.25, -0.2) is 0 Å². The number of aromatic nitrogens is 2. The normalized spacial score (nSPS) is 11.2. The lowest BCUT2D eigenvalue weighted by molar-refractivity contribution is 0.0753. The minimum atomic E-state index is -0.208. The zero-order chi connectivity index (χ0) is 17.7. The molecule has 1 amide bonds. The molecule has 0 aliphatic heterocycles. The summed E-state index contributed by atoms with van der Waals surface area (Å²) in [6, 6.07) is 3.50. The molecule has 0 fully saturated rings. The van der Waals surface area contributed by atoms with Crippen LogP contribution < -0.4 is 5.32 Å². The summed E-state index contributed by atoms with van der Waals surface area (Å²) < 4.78 is 13.9. The molecule has 0 bridgehead atoms. The standard InChI is InChI=1S/C17H24BrN3O3/c1-11(2)23-9-5-8-19-17(22)15-7-6-14(24-15)10-21-13(4)16(18)12(3)20-21/h6-7,11H,5,8-10H2,1-4H3,(H,19,22). The summed E-state index contributed by atoms with van der Waals surface area (Å²) in [5.74, 6) is 0.803. The molecule has 24 heavy (non-hydrogen) atoms. The summed E-state index contributed by atoms with van der Waals surface area (Å²) >= 11 is 3.50. The molecule has 2 heterocycles. The van der Waals surface area contributed by atoms with E-state index in [4.69, 9.17) is 9.15 Å². The second kappa shape index (κ2) is 8.48. The first-order valence-corrected chi connectivity index (χ1v) is 8.85. The van der Waals surface area contributed by atoms with Gasteiger partial charge in [0, 0.05) is 13.2 Å². The van der Waals surface area contributed by atoms with Crippen LogP contribution in [0.25, 0.3) is 0 Å². The molecule has 0 saturated carbocycles. The van der Waals surface area contributed by atoms with E-state index < -0.39 is 0 Å². The molecule has 2 aromatic rings. The Morgan fingerprint density at radius 1 is 1.42 bits per heavy atom. The van der Waals surface area contributed by atoms with E-state index in [1.807, 2.05) is 32.4 Å². The minimum absolute atomic E-state index is 0.208. The lowest BCUT2D eigenvalue weighted by atomic mass is 10.3. The van der Waals surface area contributed by atoms with Gasteiger partial charge in [0.05, 0.1) is 28.5 Å². The molecule has 0 atom stereocenters. The summed E-state index contributed by atoms with van der Waals surface area (Å²) in [4.78, 5) is 12.1. The fraction of sp³-hybridized carbons (Fsp3) is 0.529. The number of rotatable bonds is 8. The molecule has 2 rings (SSSR count). The Hall–Kier alpha value is -1.60. The Labute approximate surface area is 150 Å². The number of aryl methyl sites for hydroxylation is 1. The number of carbonyl (C=O) groups excluding carboxylic acids is 1. The smallest absolute Gasteiger partial charge is 0.286 e. The summed E-state index contributed by atoms with van der Waals surface area (Å²) in [6.45, 7) is 9.60. The van der Waals surface area contributed by atoms with Gasteiger partial charge in [-0.3, -0.25) is 9.48 Å². The van der Waals surface area contributed by atoms with Crippen molar-refractivity contribution in [3.05, 3.63) is 39.5 Å². The number of nitrogens with zero attached hydrogens (tertiary/aromatic N) is 2. The van der Waals surface area contributed by atoms with Crippen molar-refractivity contribution in [2.75, 3.05) is 13.2 Å². The van der Waals surface area contributed by atoms with Crippen LogP contribution >= 0.6 is 15.9 Å².